The predicted molar refractivity (Wildman–Crippen MR) is 68.1 cm³/mol. The maximum atomic E-state index is 6.11. The molecule has 0 saturated heterocycles. The molecule has 3 heteroatoms. The third-order valence-corrected chi connectivity index (χ3v) is 3.29. The molecule has 17 heavy (non-hydrogen) atoms. The summed E-state index contributed by atoms with van der Waals surface area (Å²) >= 11 is 0. The van der Waals surface area contributed by atoms with Gasteiger partial charge >= 0.3 is 0 Å². The first kappa shape index (κ1) is 12.4. The number of hydroxylamine groups is 1. The summed E-state index contributed by atoms with van der Waals surface area (Å²) in [5.74, 6) is 1.01. The summed E-state index contributed by atoms with van der Waals surface area (Å²) in [4.78, 5) is 5.12. The lowest BCUT2D eigenvalue weighted by Gasteiger charge is -2.39. The quantitative estimate of drug-likeness (QED) is 0.799. The molecule has 1 atom stereocenters. The van der Waals surface area contributed by atoms with Gasteiger partial charge in [0.25, 0.3) is 0 Å². The van der Waals surface area contributed by atoms with Gasteiger partial charge in [-0.25, -0.2) is 0 Å². The Morgan fingerprint density at radius 1 is 1.29 bits per heavy atom. The molecule has 1 aromatic rings. The fourth-order valence-electron chi connectivity index (χ4n) is 2.53. The second-order valence-corrected chi connectivity index (χ2v) is 5.38. The standard InChI is InChI=1S/C14H21NO2/c1-9-6-7-10(2)13-12(9)11(15-16-5)8-14(3,4)17-13/h6-7,11,15H,8H2,1-5H3. The largest absolute Gasteiger partial charge is 0.487 e. The zero-order valence-corrected chi connectivity index (χ0v) is 11.3. The fraction of sp³-hybridized carbons (Fsp3) is 0.571. The first-order valence-corrected chi connectivity index (χ1v) is 6.02. The monoisotopic (exact) mass is 235 g/mol. The highest BCUT2D eigenvalue weighted by molar-refractivity contribution is 5.49. The van der Waals surface area contributed by atoms with Crippen LogP contribution < -0.4 is 10.2 Å². The van der Waals surface area contributed by atoms with Crippen molar-refractivity contribution in [3.8, 4) is 5.75 Å². The van der Waals surface area contributed by atoms with Crippen molar-refractivity contribution >= 4 is 0 Å². The number of hydrogen-bond donors (Lipinski definition) is 1. The average molecular weight is 235 g/mol. The fourth-order valence-corrected chi connectivity index (χ4v) is 2.53. The van der Waals surface area contributed by atoms with E-state index >= 15 is 0 Å². The van der Waals surface area contributed by atoms with Crippen molar-refractivity contribution in [2.24, 2.45) is 0 Å². The van der Waals surface area contributed by atoms with Crippen LogP contribution in [0.3, 0.4) is 0 Å². The van der Waals surface area contributed by atoms with E-state index in [1.165, 1.54) is 16.7 Å². The summed E-state index contributed by atoms with van der Waals surface area (Å²) in [6, 6.07) is 4.44. The maximum absolute atomic E-state index is 6.11. The Bertz CT molecular complexity index is 426. The van der Waals surface area contributed by atoms with Gasteiger partial charge in [0.2, 0.25) is 0 Å². The molecule has 1 N–H and O–H groups in total. The summed E-state index contributed by atoms with van der Waals surface area (Å²) in [6.07, 6.45) is 0.901. The van der Waals surface area contributed by atoms with Gasteiger partial charge in [-0.3, -0.25) is 0 Å². The molecule has 0 amide bonds. The Morgan fingerprint density at radius 2 is 1.94 bits per heavy atom. The van der Waals surface area contributed by atoms with Crippen LogP contribution in [0.1, 0.15) is 43.0 Å². The lowest BCUT2D eigenvalue weighted by Crippen LogP contribution is -2.40. The second-order valence-electron chi connectivity index (χ2n) is 5.38. The number of benzene rings is 1. The number of ether oxygens (including phenoxy) is 1. The van der Waals surface area contributed by atoms with E-state index in [1.54, 1.807) is 7.11 Å². The Labute approximate surface area is 103 Å². The summed E-state index contributed by atoms with van der Waals surface area (Å²) in [6.45, 7) is 8.43. The Balaban J connectivity index is 2.52. The van der Waals surface area contributed by atoms with Gasteiger partial charge in [-0.15, -0.1) is 0 Å². The van der Waals surface area contributed by atoms with E-state index in [9.17, 15) is 0 Å². The van der Waals surface area contributed by atoms with E-state index in [2.05, 4.69) is 45.3 Å². The normalized spacial score (nSPS) is 21.8. The molecule has 3 nitrogen and oxygen atoms in total. The molecule has 0 saturated carbocycles. The van der Waals surface area contributed by atoms with Crippen molar-refractivity contribution in [3.05, 3.63) is 28.8 Å². The molecule has 94 valence electrons. The zero-order valence-electron chi connectivity index (χ0n) is 11.3. The van der Waals surface area contributed by atoms with Crippen LogP contribution in [0, 0.1) is 13.8 Å². The van der Waals surface area contributed by atoms with Crippen LogP contribution in [0.2, 0.25) is 0 Å². The van der Waals surface area contributed by atoms with Crippen molar-refractivity contribution in [2.75, 3.05) is 7.11 Å². The van der Waals surface area contributed by atoms with Gasteiger partial charge in [-0.05, 0) is 38.8 Å². The van der Waals surface area contributed by atoms with E-state index in [0.29, 0.717) is 0 Å². The van der Waals surface area contributed by atoms with E-state index in [1.807, 2.05) is 0 Å². The van der Waals surface area contributed by atoms with E-state index in [-0.39, 0.29) is 11.6 Å². The van der Waals surface area contributed by atoms with Gasteiger partial charge in [-0.2, -0.15) is 5.48 Å². The van der Waals surface area contributed by atoms with E-state index in [0.717, 1.165) is 12.2 Å². The summed E-state index contributed by atoms with van der Waals surface area (Å²) < 4.78 is 6.11. The van der Waals surface area contributed by atoms with Gasteiger partial charge in [0.1, 0.15) is 11.4 Å². The van der Waals surface area contributed by atoms with Crippen LogP contribution in [0.25, 0.3) is 0 Å². The topological polar surface area (TPSA) is 30.5 Å². The minimum atomic E-state index is -0.165. The third-order valence-electron chi connectivity index (χ3n) is 3.29. The summed E-state index contributed by atoms with van der Waals surface area (Å²) in [5, 5.41) is 0. The molecule has 1 aliphatic rings. The molecule has 1 aliphatic heterocycles. The highest BCUT2D eigenvalue weighted by atomic mass is 16.6. The molecule has 1 heterocycles. The lowest BCUT2D eigenvalue weighted by molar-refractivity contribution is 0.00230. The number of aryl methyl sites for hydroxylation is 2. The second kappa shape index (κ2) is 4.31. The van der Waals surface area contributed by atoms with Crippen LogP contribution in [0.4, 0.5) is 0 Å². The minimum Gasteiger partial charge on any atom is -0.487 e. The van der Waals surface area contributed by atoms with Crippen molar-refractivity contribution in [1.82, 2.24) is 5.48 Å². The van der Waals surface area contributed by atoms with Crippen molar-refractivity contribution in [1.29, 1.82) is 0 Å². The third kappa shape index (κ3) is 2.31. The predicted octanol–water partition coefficient (Wildman–Crippen LogP) is 3.06. The van der Waals surface area contributed by atoms with Crippen LogP contribution in [0.15, 0.2) is 12.1 Å². The number of rotatable bonds is 2. The molecule has 0 aromatic heterocycles. The highest BCUT2D eigenvalue weighted by Gasteiger charge is 2.35. The molecule has 0 aliphatic carbocycles. The van der Waals surface area contributed by atoms with Crippen LogP contribution in [-0.4, -0.2) is 12.7 Å². The zero-order chi connectivity index (χ0) is 12.6. The Kier molecular flexibility index (Phi) is 3.15. The van der Waals surface area contributed by atoms with Gasteiger partial charge < -0.3 is 9.57 Å². The first-order valence-electron chi connectivity index (χ1n) is 6.02. The van der Waals surface area contributed by atoms with Crippen molar-refractivity contribution < 1.29 is 9.57 Å². The molecule has 1 unspecified atom stereocenters. The molecule has 0 spiro atoms. The molecule has 0 radical (unpaired) electrons. The molecule has 0 fully saturated rings. The molecule has 0 bridgehead atoms. The molecular weight excluding hydrogens is 214 g/mol. The summed E-state index contributed by atoms with van der Waals surface area (Å²) in [7, 11) is 1.66. The van der Waals surface area contributed by atoms with E-state index < -0.39 is 0 Å². The SMILES string of the molecule is CONC1CC(C)(C)Oc2c(C)ccc(C)c21. The Hall–Kier alpha value is -1.06. The van der Waals surface area contributed by atoms with Gasteiger partial charge in [0.15, 0.2) is 0 Å². The Morgan fingerprint density at radius 3 is 2.59 bits per heavy atom. The highest BCUT2D eigenvalue weighted by Crippen LogP contribution is 2.42. The number of nitrogens with one attached hydrogen (secondary N) is 1. The van der Waals surface area contributed by atoms with Crippen LogP contribution >= 0.6 is 0 Å². The van der Waals surface area contributed by atoms with Gasteiger partial charge in [0, 0.05) is 12.0 Å². The number of hydrogen-bond acceptors (Lipinski definition) is 3. The molecular formula is C14H21NO2. The number of fused-ring (bicyclic) bond motifs is 1. The minimum absolute atomic E-state index is 0.165. The molecule has 2 rings (SSSR count). The van der Waals surface area contributed by atoms with Crippen molar-refractivity contribution in [3.63, 3.8) is 0 Å². The van der Waals surface area contributed by atoms with Gasteiger partial charge in [-0.1, -0.05) is 12.1 Å². The smallest absolute Gasteiger partial charge is 0.128 e. The maximum Gasteiger partial charge on any atom is 0.128 e. The first-order chi connectivity index (χ1) is 7.94. The lowest BCUT2D eigenvalue weighted by atomic mass is 9.86. The van der Waals surface area contributed by atoms with Gasteiger partial charge in [0.05, 0.1) is 13.2 Å². The average Bonchev–Trinajstić information content (AvgIpc) is 2.22. The van der Waals surface area contributed by atoms with Crippen molar-refractivity contribution in [2.45, 2.75) is 45.8 Å². The van der Waals surface area contributed by atoms with E-state index in [4.69, 9.17) is 9.57 Å². The van der Waals surface area contributed by atoms with Crippen LogP contribution in [0.5, 0.6) is 5.75 Å². The molecule has 1 aromatic carbocycles. The van der Waals surface area contributed by atoms with Crippen LogP contribution in [-0.2, 0) is 4.84 Å². The summed E-state index contributed by atoms with van der Waals surface area (Å²) in [5.41, 5.74) is 6.58.